The van der Waals surface area contributed by atoms with Crippen molar-refractivity contribution in [2.45, 2.75) is 0 Å². The zero-order chi connectivity index (χ0) is 17.1. The molecular weight excluding hydrogens is 354 g/mol. The second-order valence-corrected chi connectivity index (χ2v) is 6.16. The molecule has 1 fully saturated rings. The Balaban J connectivity index is 1.89. The summed E-state index contributed by atoms with van der Waals surface area (Å²) in [6, 6.07) is 9.16. The minimum absolute atomic E-state index is 0.0766. The SMILES string of the molecule is O=C(Nc1cccc(Cl)c1N1CCOCC1)c1ccc(Cl)cc1F. The highest BCUT2D eigenvalue weighted by Crippen LogP contribution is 2.34. The third kappa shape index (κ3) is 3.64. The topological polar surface area (TPSA) is 41.6 Å². The average molecular weight is 369 g/mol. The van der Waals surface area contributed by atoms with Gasteiger partial charge < -0.3 is 15.0 Å². The molecule has 1 saturated heterocycles. The largest absolute Gasteiger partial charge is 0.378 e. The van der Waals surface area contributed by atoms with Gasteiger partial charge in [0.05, 0.1) is 35.2 Å². The van der Waals surface area contributed by atoms with Gasteiger partial charge in [-0.25, -0.2) is 4.39 Å². The number of rotatable bonds is 3. The van der Waals surface area contributed by atoms with Crippen LogP contribution in [0.1, 0.15) is 10.4 Å². The number of ether oxygens (including phenoxy) is 1. The second-order valence-electron chi connectivity index (χ2n) is 5.31. The summed E-state index contributed by atoms with van der Waals surface area (Å²) < 4.78 is 19.3. The van der Waals surface area contributed by atoms with Crippen molar-refractivity contribution in [2.24, 2.45) is 0 Å². The monoisotopic (exact) mass is 368 g/mol. The number of para-hydroxylation sites is 1. The smallest absolute Gasteiger partial charge is 0.258 e. The van der Waals surface area contributed by atoms with Gasteiger partial charge in [0.2, 0.25) is 0 Å². The Morgan fingerprint density at radius 3 is 2.62 bits per heavy atom. The molecule has 0 bridgehead atoms. The first-order chi connectivity index (χ1) is 11.6. The van der Waals surface area contributed by atoms with E-state index in [9.17, 15) is 9.18 Å². The Labute approximate surface area is 149 Å². The Morgan fingerprint density at radius 2 is 1.92 bits per heavy atom. The lowest BCUT2D eigenvalue weighted by Crippen LogP contribution is -2.37. The van der Waals surface area contributed by atoms with E-state index in [2.05, 4.69) is 5.32 Å². The molecule has 3 rings (SSSR count). The van der Waals surface area contributed by atoms with Crippen molar-refractivity contribution in [3.63, 3.8) is 0 Å². The van der Waals surface area contributed by atoms with E-state index in [1.54, 1.807) is 18.2 Å². The minimum atomic E-state index is -0.671. The molecule has 0 radical (unpaired) electrons. The maximum absolute atomic E-state index is 13.9. The lowest BCUT2D eigenvalue weighted by molar-refractivity contribution is 0.102. The van der Waals surface area contributed by atoms with Crippen LogP contribution in [0.3, 0.4) is 0 Å². The van der Waals surface area contributed by atoms with Crippen molar-refractivity contribution in [2.75, 3.05) is 36.5 Å². The number of hydrogen-bond donors (Lipinski definition) is 1. The lowest BCUT2D eigenvalue weighted by atomic mass is 10.1. The first kappa shape index (κ1) is 17.0. The molecule has 0 aromatic heterocycles. The van der Waals surface area contributed by atoms with Crippen LogP contribution in [0.5, 0.6) is 0 Å². The molecule has 126 valence electrons. The van der Waals surface area contributed by atoms with Gasteiger partial charge in [-0.2, -0.15) is 0 Å². The molecule has 1 N–H and O–H groups in total. The van der Waals surface area contributed by atoms with Crippen LogP contribution in [-0.2, 0) is 4.74 Å². The molecular formula is C17H15Cl2FN2O2. The molecule has 0 spiro atoms. The summed E-state index contributed by atoms with van der Waals surface area (Å²) in [4.78, 5) is 14.5. The fourth-order valence-electron chi connectivity index (χ4n) is 2.59. The van der Waals surface area contributed by atoms with Crippen molar-refractivity contribution in [1.29, 1.82) is 0 Å². The number of halogens is 3. The molecule has 1 aliphatic rings. The number of carbonyl (C=O) groups is 1. The maximum atomic E-state index is 13.9. The van der Waals surface area contributed by atoms with E-state index in [-0.39, 0.29) is 10.6 Å². The standard InChI is InChI=1S/C17H15Cl2FN2O2/c18-11-4-5-12(14(20)10-11)17(23)21-15-3-1-2-13(19)16(15)22-6-8-24-9-7-22/h1-5,10H,6-9H2,(H,21,23). The molecule has 1 amide bonds. The van der Waals surface area contributed by atoms with Crippen LogP contribution in [0.4, 0.5) is 15.8 Å². The summed E-state index contributed by atoms with van der Waals surface area (Å²) in [5, 5.41) is 3.49. The summed E-state index contributed by atoms with van der Waals surface area (Å²) in [5.41, 5.74) is 1.17. The average Bonchev–Trinajstić information content (AvgIpc) is 2.55. The van der Waals surface area contributed by atoms with E-state index in [1.165, 1.54) is 12.1 Å². The fraction of sp³-hybridized carbons (Fsp3) is 0.235. The summed E-state index contributed by atoms with van der Waals surface area (Å²) in [6.07, 6.45) is 0. The van der Waals surface area contributed by atoms with Gasteiger partial charge in [0, 0.05) is 18.1 Å². The van der Waals surface area contributed by atoms with Gasteiger partial charge >= 0.3 is 0 Å². The van der Waals surface area contributed by atoms with E-state index < -0.39 is 11.7 Å². The Kier molecular flexibility index (Phi) is 5.23. The molecule has 24 heavy (non-hydrogen) atoms. The van der Waals surface area contributed by atoms with Gasteiger partial charge in [0.1, 0.15) is 5.82 Å². The van der Waals surface area contributed by atoms with Crippen molar-refractivity contribution in [3.8, 4) is 0 Å². The van der Waals surface area contributed by atoms with Crippen LogP contribution in [0.2, 0.25) is 10.0 Å². The number of nitrogens with one attached hydrogen (secondary N) is 1. The lowest BCUT2D eigenvalue weighted by Gasteiger charge is -2.31. The second kappa shape index (κ2) is 7.38. The fourth-order valence-corrected chi connectivity index (χ4v) is 3.04. The quantitative estimate of drug-likeness (QED) is 0.881. The molecule has 0 atom stereocenters. The number of anilines is 2. The maximum Gasteiger partial charge on any atom is 0.258 e. The van der Waals surface area contributed by atoms with Gasteiger partial charge in [0.15, 0.2) is 0 Å². The van der Waals surface area contributed by atoms with Gasteiger partial charge in [-0.1, -0.05) is 29.3 Å². The van der Waals surface area contributed by atoms with Crippen LogP contribution >= 0.6 is 23.2 Å². The molecule has 7 heteroatoms. The van der Waals surface area contributed by atoms with E-state index in [1.807, 2.05) is 4.90 Å². The zero-order valence-corrected chi connectivity index (χ0v) is 14.2. The normalized spacial score (nSPS) is 14.5. The summed E-state index contributed by atoms with van der Waals surface area (Å²) >= 11 is 12.0. The summed E-state index contributed by atoms with van der Waals surface area (Å²) in [6.45, 7) is 2.51. The van der Waals surface area contributed by atoms with Gasteiger partial charge in [-0.3, -0.25) is 4.79 Å². The molecule has 0 unspecified atom stereocenters. The highest BCUT2D eigenvalue weighted by Gasteiger charge is 2.20. The molecule has 1 heterocycles. The van der Waals surface area contributed by atoms with Gasteiger partial charge in [0.25, 0.3) is 5.91 Å². The van der Waals surface area contributed by atoms with Gasteiger partial charge in [-0.05, 0) is 30.3 Å². The first-order valence-corrected chi connectivity index (χ1v) is 8.19. The highest BCUT2D eigenvalue weighted by molar-refractivity contribution is 6.34. The Bertz CT molecular complexity index is 764. The summed E-state index contributed by atoms with van der Waals surface area (Å²) in [5.74, 6) is -1.23. The van der Waals surface area contributed by atoms with Crippen molar-refractivity contribution in [3.05, 3.63) is 57.8 Å². The van der Waals surface area contributed by atoms with Gasteiger partial charge in [-0.15, -0.1) is 0 Å². The van der Waals surface area contributed by atoms with E-state index in [0.717, 1.165) is 6.07 Å². The third-order valence-electron chi connectivity index (χ3n) is 3.74. The van der Waals surface area contributed by atoms with Crippen LogP contribution in [0, 0.1) is 5.82 Å². The number of carbonyl (C=O) groups excluding carboxylic acids is 1. The molecule has 2 aromatic rings. The number of amides is 1. The first-order valence-electron chi connectivity index (χ1n) is 7.44. The molecule has 0 aliphatic carbocycles. The molecule has 0 saturated carbocycles. The van der Waals surface area contributed by atoms with Crippen molar-refractivity contribution < 1.29 is 13.9 Å². The van der Waals surface area contributed by atoms with E-state index in [4.69, 9.17) is 27.9 Å². The Morgan fingerprint density at radius 1 is 1.17 bits per heavy atom. The third-order valence-corrected chi connectivity index (χ3v) is 4.28. The predicted octanol–water partition coefficient (Wildman–Crippen LogP) is 4.22. The number of hydrogen-bond acceptors (Lipinski definition) is 3. The number of nitrogens with zero attached hydrogens (tertiary/aromatic N) is 1. The van der Waals surface area contributed by atoms with Crippen LogP contribution < -0.4 is 10.2 Å². The van der Waals surface area contributed by atoms with E-state index in [0.29, 0.717) is 42.7 Å². The van der Waals surface area contributed by atoms with Crippen LogP contribution in [0.25, 0.3) is 0 Å². The minimum Gasteiger partial charge on any atom is -0.378 e. The predicted molar refractivity (Wildman–Crippen MR) is 93.8 cm³/mol. The summed E-state index contributed by atoms with van der Waals surface area (Å²) in [7, 11) is 0. The van der Waals surface area contributed by atoms with Crippen molar-refractivity contribution in [1.82, 2.24) is 0 Å². The molecule has 4 nitrogen and oxygen atoms in total. The molecule has 2 aromatic carbocycles. The molecule has 1 aliphatic heterocycles. The number of benzene rings is 2. The van der Waals surface area contributed by atoms with Crippen molar-refractivity contribution >= 4 is 40.5 Å². The highest BCUT2D eigenvalue weighted by atomic mass is 35.5. The van der Waals surface area contributed by atoms with E-state index >= 15 is 0 Å². The number of morpholine rings is 1. The Hall–Kier alpha value is -1.82. The van der Waals surface area contributed by atoms with Crippen LogP contribution in [-0.4, -0.2) is 32.2 Å². The zero-order valence-electron chi connectivity index (χ0n) is 12.7. The van der Waals surface area contributed by atoms with Crippen LogP contribution in [0.15, 0.2) is 36.4 Å².